The zero-order valence-electron chi connectivity index (χ0n) is 23.9. The highest BCUT2D eigenvalue weighted by atomic mass is 16.7. The van der Waals surface area contributed by atoms with Crippen molar-refractivity contribution in [2.24, 2.45) is 0 Å². The number of likely N-dealkylation sites (tertiary alicyclic amines) is 1. The van der Waals surface area contributed by atoms with Gasteiger partial charge in [0.15, 0.2) is 0 Å². The summed E-state index contributed by atoms with van der Waals surface area (Å²) in [6.07, 6.45) is 8.09. The van der Waals surface area contributed by atoms with E-state index in [0.717, 1.165) is 25.7 Å². The number of nitrogens with one attached hydrogen (secondary N) is 2. The molecule has 0 unspecified atom stereocenters. The number of rotatable bonds is 11. The summed E-state index contributed by atoms with van der Waals surface area (Å²) in [5.74, 6) is -1.70. The monoisotopic (exact) mass is 549 g/mol. The van der Waals surface area contributed by atoms with E-state index in [1.165, 1.54) is 24.2 Å². The number of nitrogens with zero attached hydrogens (tertiary/aromatic N) is 3. The van der Waals surface area contributed by atoms with Crippen molar-refractivity contribution in [3.63, 3.8) is 0 Å². The van der Waals surface area contributed by atoms with Crippen LogP contribution in [0.3, 0.4) is 0 Å². The van der Waals surface area contributed by atoms with Crippen LogP contribution in [0.25, 0.3) is 0 Å². The number of aryl methyl sites for hydroxylation is 1. The van der Waals surface area contributed by atoms with Crippen LogP contribution in [0.1, 0.15) is 75.9 Å². The van der Waals surface area contributed by atoms with Gasteiger partial charge in [-0.05, 0) is 65.4 Å². The van der Waals surface area contributed by atoms with Crippen molar-refractivity contribution < 1.29 is 23.7 Å². The van der Waals surface area contributed by atoms with E-state index in [-0.39, 0.29) is 18.0 Å². The van der Waals surface area contributed by atoms with E-state index < -0.39 is 42.1 Å². The van der Waals surface area contributed by atoms with Crippen molar-refractivity contribution in [2.75, 3.05) is 13.1 Å². The van der Waals surface area contributed by atoms with Crippen LogP contribution in [-0.2, 0) is 25.3 Å². The number of hydrogen-bond acceptors (Lipinski definition) is 7. The van der Waals surface area contributed by atoms with Gasteiger partial charge in [0.05, 0.1) is 29.8 Å². The third-order valence-electron chi connectivity index (χ3n) is 8.01. The van der Waals surface area contributed by atoms with E-state index in [9.17, 15) is 14.4 Å². The summed E-state index contributed by atoms with van der Waals surface area (Å²) in [5, 5.41) is 5.78. The second-order valence-corrected chi connectivity index (χ2v) is 11.5. The molecule has 1 aromatic carbocycles. The van der Waals surface area contributed by atoms with Crippen LogP contribution in [0, 0.1) is 0 Å². The fraction of sp³-hybridized carbons (Fsp3) is 0.552. The lowest BCUT2D eigenvalue weighted by atomic mass is 9.75. The predicted octanol–water partition coefficient (Wildman–Crippen LogP) is 2.73. The van der Waals surface area contributed by atoms with Crippen LogP contribution in [-0.4, -0.2) is 76.0 Å². The third kappa shape index (κ3) is 7.45. The minimum absolute atomic E-state index is 0.0688. The molecule has 0 spiro atoms. The maximum atomic E-state index is 13.7. The van der Waals surface area contributed by atoms with E-state index >= 15 is 0 Å². The van der Waals surface area contributed by atoms with Gasteiger partial charge in [-0.3, -0.25) is 19.4 Å². The van der Waals surface area contributed by atoms with Crippen molar-refractivity contribution in [3.05, 3.63) is 60.2 Å². The molecule has 2 aliphatic heterocycles. The summed E-state index contributed by atoms with van der Waals surface area (Å²) >= 11 is 0. The van der Waals surface area contributed by atoms with Crippen molar-refractivity contribution in [1.29, 1.82) is 0 Å². The molecule has 40 heavy (non-hydrogen) atoms. The fourth-order valence-electron chi connectivity index (χ4n) is 4.91. The minimum Gasteiger partial charge on any atom is -0.402 e. The molecular formula is C29H40BN5O5. The van der Waals surface area contributed by atoms with Gasteiger partial charge in [-0.1, -0.05) is 30.3 Å². The Morgan fingerprint density at radius 1 is 1.00 bits per heavy atom. The molecule has 2 atom stereocenters. The molecule has 1 aromatic heterocycles. The largest absolute Gasteiger partial charge is 0.481 e. The normalized spacial score (nSPS) is 19.2. The van der Waals surface area contributed by atoms with E-state index in [1.54, 1.807) is 4.90 Å². The Bertz CT molecular complexity index is 1140. The Morgan fingerprint density at radius 2 is 1.68 bits per heavy atom. The highest BCUT2D eigenvalue weighted by Crippen LogP contribution is 2.38. The molecule has 3 heterocycles. The maximum absolute atomic E-state index is 13.7. The summed E-state index contributed by atoms with van der Waals surface area (Å²) in [5.41, 5.74) is 0.114. The van der Waals surface area contributed by atoms with Crippen LogP contribution >= 0.6 is 0 Å². The van der Waals surface area contributed by atoms with Crippen LogP contribution in [0.15, 0.2) is 48.9 Å². The first-order chi connectivity index (χ1) is 19.1. The van der Waals surface area contributed by atoms with E-state index in [0.29, 0.717) is 19.5 Å². The maximum Gasteiger partial charge on any atom is 0.481 e. The summed E-state index contributed by atoms with van der Waals surface area (Å²) in [6, 6.07) is 9.04. The lowest BCUT2D eigenvalue weighted by molar-refractivity contribution is -0.134. The van der Waals surface area contributed by atoms with Crippen LogP contribution in [0.4, 0.5) is 0 Å². The molecule has 0 radical (unpaired) electrons. The Labute approximate surface area is 236 Å². The molecule has 0 aliphatic carbocycles. The van der Waals surface area contributed by atoms with E-state index in [1.807, 2.05) is 45.9 Å². The number of carbonyl (C=O) groups excluding carboxylic acids is 3. The zero-order valence-corrected chi connectivity index (χ0v) is 23.9. The molecule has 10 nitrogen and oxygen atoms in total. The number of carbonyl (C=O) groups is 3. The Kier molecular flexibility index (Phi) is 9.58. The number of benzene rings is 1. The third-order valence-corrected chi connectivity index (χ3v) is 8.01. The second-order valence-electron chi connectivity index (χ2n) is 11.5. The molecule has 0 saturated carbocycles. The van der Waals surface area contributed by atoms with Gasteiger partial charge in [0.25, 0.3) is 5.91 Å². The number of amides is 3. The van der Waals surface area contributed by atoms with Gasteiger partial charge in [0.2, 0.25) is 11.8 Å². The topological polar surface area (TPSA) is 123 Å². The Hall–Kier alpha value is -3.31. The molecule has 0 bridgehead atoms. The van der Waals surface area contributed by atoms with Crippen LogP contribution in [0.2, 0.25) is 0 Å². The predicted molar refractivity (Wildman–Crippen MR) is 151 cm³/mol. The summed E-state index contributed by atoms with van der Waals surface area (Å²) in [7, 11) is -0.685. The molecule has 2 aromatic rings. The lowest BCUT2D eigenvalue weighted by Gasteiger charge is -2.32. The van der Waals surface area contributed by atoms with E-state index in [2.05, 4.69) is 32.7 Å². The molecule has 2 fully saturated rings. The first-order valence-electron chi connectivity index (χ1n) is 14.1. The van der Waals surface area contributed by atoms with Gasteiger partial charge in [0.1, 0.15) is 11.7 Å². The highest BCUT2D eigenvalue weighted by molar-refractivity contribution is 6.48. The summed E-state index contributed by atoms with van der Waals surface area (Å²) in [6.45, 7) is 9.18. The van der Waals surface area contributed by atoms with E-state index in [4.69, 9.17) is 9.31 Å². The quantitative estimate of drug-likeness (QED) is 0.414. The first-order valence-corrected chi connectivity index (χ1v) is 14.1. The summed E-state index contributed by atoms with van der Waals surface area (Å²) < 4.78 is 12.6. The first kappa shape index (κ1) is 29.7. The zero-order chi connectivity index (χ0) is 28.8. The van der Waals surface area contributed by atoms with Gasteiger partial charge in [0, 0.05) is 25.5 Å². The van der Waals surface area contributed by atoms with Gasteiger partial charge < -0.3 is 24.8 Å². The smallest absolute Gasteiger partial charge is 0.402 e. The van der Waals surface area contributed by atoms with Crippen molar-refractivity contribution in [1.82, 2.24) is 25.5 Å². The highest BCUT2D eigenvalue weighted by Gasteiger charge is 2.54. The van der Waals surface area contributed by atoms with Crippen LogP contribution < -0.4 is 10.6 Å². The number of aromatic nitrogens is 2. The minimum atomic E-state index is -1.10. The molecule has 3 amide bonds. The molecule has 2 saturated heterocycles. The SMILES string of the molecule is CC1(C)OB([C@H](CCCc2ccccc2)NC(=O)[C@@H](CC(=O)N2CCCC2)NC(=O)c2cnccn2)OC1(C)C. The van der Waals surface area contributed by atoms with Gasteiger partial charge in [-0.2, -0.15) is 0 Å². The van der Waals surface area contributed by atoms with Crippen molar-refractivity contribution in [3.8, 4) is 0 Å². The van der Waals surface area contributed by atoms with Crippen molar-refractivity contribution in [2.45, 2.75) is 89.4 Å². The second kappa shape index (κ2) is 12.9. The van der Waals surface area contributed by atoms with Gasteiger partial charge in [-0.25, -0.2) is 4.98 Å². The molecule has 2 aliphatic rings. The molecule has 214 valence electrons. The lowest BCUT2D eigenvalue weighted by Crippen LogP contribution is -2.55. The molecule has 2 N–H and O–H groups in total. The molecule has 4 rings (SSSR count). The van der Waals surface area contributed by atoms with Crippen molar-refractivity contribution >= 4 is 24.8 Å². The van der Waals surface area contributed by atoms with Gasteiger partial charge >= 0.3 is 7.12 Å². The summed E-state index contributed by atoms with van der Waals surface area (Å²) in [4.78, 5) is 49.4. The Morgan fingerprint density at radius 3 is 2.30 bits per heavy atom. The number of hydrogen-bond donors (Lipinski definition) is 2. The average Bonchev–Trinajstić information content (AvgIpc) is 3.54. The average molecular weight is 549 g/mol. The molecular weight excluding hydrogens is 509 g/mol. The Balaban J connectivity index is 1.50. The molecule has 11 heteroatoms. The van der Waals surface area contributed by atoms with Gasteiger partial charge in [-0.15, -0.1) is 0 Å². The van der Waals surface area contributed by atoms with Crippen LogP contribution in [0.5, 0.6) is 0 Å². The standard InChI is InChI=1S/C29H40BN5O5/c1-28(2)29(3,4)40-30(39-28)24(14-10-13-21-11-6-5-7-12-21)34-26(37)22(19-25(36)35-17-8-9-18-35)33-27(38)23-20-31-15-16-32-23/h5-7,11-12,15-16,20,22,24H,8-10,13-14,17-19H2,1-4H3,(H,33,38)(H,34,37)/t22-,24+/m1/s1. The fourth-order valence-corrected chi connectivity index (χ4v) is 4.91.